The lowest BCUT2D eigenvalue weighted by Gasteiger charge is -2.16. The largest absolute Gasteiger partial charge is 0.493 e. The van der Waals surface area contributed by atoms with Crippen LogP contribution in [0.15, 0.2) is 24.5 Å². The topological polar surface area (TPSA) is 91.4 Å². The molecule has 26 heavy (non-hydrogen) atoms. The Morgan fingerprint density at radius 3 is 2.85 bits per heavy atom. The summed E-state index contributed by atoms with van der Waals surface area (Å²) in [7, 11) is 1.52. The average molecular weight is 381 g/mol. The normalized spacial score (nSPS) is 12.0. The van der Waals surface area contributed by atoms with Crippen molar-refractivity contribution in [3.8, 4) is 11.5 Å². The van der Waals surface area contributed by atoms with Crippen molar-refractivity contribution in [1.29, 1.82) is 0 Å². The Morgan fingerprint density at radius 2 is 2.23 bits per heavy atom. The second-order valence-corrected chi connectivity index (χ2v) is 6.63. The molecule has 1 unspecified atom stereocenters. The molecule has 0 spiro atoms. The van der Waals surface area contributed by atoms with E-state index in [2.05, 4.69) is 21.8 Å². The summed E-state index contributed by atoms with van der Waals surface area (Å²) >= 11 is 6.26. The molecule has 7 nitrogen and oxygen atoms in total. The van der Waals surface area contributed by atoms with Crippen molar-refractivity contribution in [1.82, 2.24) is 14.9 Å². The average Bonchev–Trinajstić information content (AvgIpc) is 2.98. The van der Waals surface area contributed by atoms with Crippen LogP contribution in [-0.4, -0.2) is 35.7 Å². The van der Waals surface area contributed by atoms with Crippen LogP contribution in [0.3, 0.4) is 0 Å². The Balaban J connectivity index is 1.91. The summed E-state index contributed by atoms with van der Waals surface area (Å²) in [6.07, 6.45) is 3.80. The van der Waals surface area contributed by atoms with Crippen LogP contribution in [-0.2, 0) is 17.9 Å². The summed E-state index contributed by atoms with van der Waals surface area (Å²) in [5.41, 5.74) is 6.06. The Kier molecular flexibility index (Phi) is 7.29. The van der Waals surface area contributed by atoms with Crippen LogP contribution >= 0.6 is 11.6 Å². The molecular formula is C18H25ClN4O3. The molecule has 0 aliphatic rings. The number of nitrogens with zero attached hydrogens (tertiary/aromatic N) is 2. The van der Waals surface area contributed by atoms with E-state index in [1.54, 1.807) is 6.07 Å². The minimum atomic E-state index is -0.573. The van der Waals surface area contributed by atoms with Gasteiger partial charge in [0.05, 0.1) is 12.1 Å². The van der Waals surface area contributed by atoms with Crippen molar-refractivity contribution < 1.29 is 14.3 Å². The molecule has 3 N–H and O–H groups in total. The molecule has 0 saturated heterocycles. The van der Waals surface area contributed by atoms with E-state index in [9.17, 15) is 4.79 Å². The van der Waals surface area contributed by atoms with Gasteiger partial charge in [0.25, 0.3) is 5.91 Å². The maximum Gasteiger partial charge on any atom is 0.255 e. The van der Waals surface area contributed by atoms with E-state index >= 15 is 0 Å². The predicted octanol–water partition coefficient (Wildman–Crippen LogP) is 2.14. The van der Waals surface area contributed by atoms with Gasteiger partial charge in [0, 0.05) is 25.5 Å². The Hall–Kier alpha value is -2.25. The minimum absolute atomic E-state index is 0.251. The highest BCUT2D eigenvalue weighted by atomic mass is 35.5. The Bertz CT molecular complexity index is 748. The number of nitrogens with two attached hydrogens (primary N) is 1. The molecule has 2 rings (SSSR count). The molecule has 0 fully saturated rings. The molecular weight excluding hydrogens is 356 g/mol. The molecule has 1 amide bonds. The van der Waals surface area contributed by atoms with E-state index in [0.717, 1.165) is 24.5 Å². The van der Waals surface area contributed by atoms with E-state index in [-0.39, 0.29) is 6.61 Å². The van der Waals surface area contributed by atoms with E-state index in [1.807, 2.05) is 25.4 Å². The molecule has 1 aromatic carbocycles. The Morgan fingerprint density at radius 1 is 1.46 bits per heavy atom. The van der Waals surface area contributed by atoms with Gasteiger partial charge in [-0.05, 0) is 37.1 Å². The van der Waals surface area contributed by atoms with Crippen LogP contribution in [0.4, 0.5) is 0 Å². The van der Waals surface area contributed by atoms with Crippen LogP contribution in [0.25, 0.3) is 0 Å². The number of primary amides is 1. The zero-order valence-electron chi connectivity index (χ0n) is 15.3. The van der Waals surface area contributed by atoms with E-state index in [1.165, 1.54) is 7.11 Å². The molecule has 142 valence electrons. The van der Waals surface area contributed by atoms with Crippen molar-refractivity contribution in [2.24, 2.45) is 11.7 Å². The number of amides is 1. The third kappa shape index (κ3) is 5.64. The second kappa shape index (κ2) is 9.45. The van der Waals surface area contributed by atoms with Crippen LogP contribution in [0.2, 0.25) is 5.02 Å². The summed E-state index contributed by atoms with van der Waals surface area (Å²) in [6.45, 7) is 6.32. The van der Waals surface area contributed by atoms with Crippen molar-refractivity contribution in [2.45, 2.75) is 26.9 Å². The van der Waals surface area contributed by atoms with E-state index < -0.39 is 5.91 Å². The fourth-order valence-corrected chi connectivity index (χ4v) is 2.91. The summed E-state index contributed by atoms with van der Waals surface area (Å²) < 4.78 is 12.8. The molecule has 1 heterocycles. The first kappa shape index (κ1) is 20.1. The molecule has 0 radical (unpaired) electrons. The molecule has 0 aliphatic heterocycles. The second-order valence-electron chi connectivity index (χ2n) is 6.23. The maximum atomic E-state index is 10.9. The third-order valence-electron chi connectivity index (χ3n) is 3.90. The van der Waals surface area contributed by atoms with Gasteiger partial charge in [-0.3, -0.25) is 4.79 Å². The number of halogens is 1. The maximum absolute atomic E-state index is 10.9. The van der Waals surface area contributed by atoms with Gasteiger partial charge in [-0.15, -0.1) is 0 Å². The molecule has 2 aromatic rings. The van der Waals surface area contributed by atoms with Crippen molar-refractivity contribution in [3.05, 3.63) is 40.9 Å². The standard InChI is InChI=1S/C18H25ClN4O3/c1-12(10-23-5-4-22-13(23)2)8-21-9-14-6-15(19)18(16(7-14)25-3)26-11-17(20)24/h4-7,12,21H,8-11H2,1-3H3,(H2,20,24). The van der Waals surface area contributed by atoms with Gasteiger partial charge in [-0.2, -0.15) is 0 Å². The summed E-state index contributed by atoms with van der Waals surface area (Å²) in [5.74, 6) is 1.67. The number of methoxy groups -OCH3 is 1. The van der Waals surface area contributed by atoms with Crippen molar-refractivity contribution in [2.75, 3.05) is 20.3 Å². The van der Waals surface area contributed by atoms with E-state index in [0.29, 0.717) is 29.0 Å². The van der Waals surface area contributed by atoms with Crippen molar-refractivity contribution >= 4 is 17.5 Å². The molecule has 1 atom stereocenters. The van der Waals surface area contributed by atoms with Crippen LogP contribution in [0.1, 0.15) is 18.3 Å². The number of benzene rings is 1. The number of hydrogen-bond acceptors (Lipinski definition) is 5. The number of rotatable bonds is 10. The third-order valence-corrected chi connectivity index (χ3v) is 4.18. The van der Waals surface area contributed by atoms with Gasteiger partial charge in [0.2, 0.25) is 0 Å². The fraction of sp³-hybridized carbons (Fsp3) is 0.444. The lowest BCUT2D eigenvalue weighted by molar-refractivity contribution is -0.119. The monoisotopic (exact) mass is 380 g/mol. The number of ether oxygens (including phenoxy) is 2. The zero-order valence-corrected chi connectivity index (χ0v) is 16.0. The number of carbonyl (C=O) groups is 1. The fourth-order valence-electron chi connectivity index (χ4n) is 2.62. The first-order chi connectivity index (χ1) is 12.4. The number of aromatic nitrogens is 2. The number of hydrogen-bond donors (Lipinski definition) is 2. The molecule has 0 saturated carbocycles. The zero-order chi connectivity index (χ0) is 19.1. The number of carbonyl (C=O) groups excluding carboxylic acids is 1. The smallest absolute Gasteiger partial charge is 0.255 e. The molecule has 1 aromatic heterocycles. The highest BCUT2D eigenvalue weighted by Gasteiger charge is 2.13. The first-order valence-corrected chi connectivity index (χ1v) is 8.74. The highest BCUT2D eigenvalue weighted by Crippen LogP contribution is 2.36. The quantitative estimate of drug-likeness (QED) is 0.659. The van der Waals surface area contributed by atoms with Crippen LogP contribution < -0.4 is 20.5 Å². The first-order valence-electron chi connectivity index (χ1n) is 8.36. The van der Waals surface area contributed by atoms with Gasteiger partial charge >= 0.3 is 0 Å². The number of nitrogens with one attached hydrogen (secondary N) is 1. The van der Waals surface area contributed by atoms with Gasteiger partial charge < -0.3 is 25.1 Å². The summed E-state index contributed by atoms with van der Waals surface area (Å²) in [4.78, 5) is 15.1. The molecule has 0 aliphatic carbocycles. The van der Waals surface area contributed by atoms with Crippen LogP contribution in [0.5, 0.6) is 11.5 Å². The van der Waals surface area contributed by atoms with E-state index in [4.69, 9.17) is 26.8 Å². The lowest BCUT2D eigenvalue weighted by atomic mass is 10.1. The van der Waals surface area contributed by atoms with Crippen molar-refractivity contribution in [3.63, 3.8) is 0 Å². The lowest BCUT2D eigenvalue weighted by Crippen LogP contribution is -2.24. The SMILES string of the molecule is COc1cc(CNCC(C)Cn2ccnc2C)cc(Cl)c1OCC(N)=O. The van der Waals surface area contributed by atoms with Crippen LogP contribution in [0, 0.1) is 12.8 Å². The van der Waals surface area contributed by atoms with Gasteiger partial charge in [-0.25, -0.2) is 4.98 Å². The number of imidazole rings is 1. The highest BCUT2D eigenvalue weighted by molar-refractivity contribution is 6.32. The molecule has 0 bridgehead atoms. The summed E-state index contributed by atoms with van der Waals surface area (Å²) in [5, 5.41) is 3.80. The number of aryl methyl sites for hydroxylation is 1. The van der Waals surface area contributed by atoms with Gasteiger partial charge in [0.15, 0.2) is 18.1 Å². The van der Waals surface area contributed by atoms with Gasteiger partial charge in [-0.1, -0.05) is 18.5 Å². The summed E-state index contributed by atoms with van der Waals surface area (Å²) in [6, 6.07) is 3.62. The molecule has 8 heteroatoms. The van der Waals surface area contributed by atoms with Gasteiger partial charge in [0.1, 0.15) is 5.82 Å². The predicted molar refractivity (Wildman–Crippen MR) is 101 cm³/mol. The minimum Gasteiger partial charge on any atom is -0.493 e. The Labute approximate surface area is 158 Å².